The number of hydrogen-bond acceptors (Lipinski definition) is 5. The Bertz CT molecular complexity index is 636. The molecule has 9 heteroatoms. The van der Waals surface area contributed by atoms with Crippen molar-refractivity contribution >= 4 is 0 Å². The highest BCUT2D eigenvalue weighted by atomic mass is 19.3. The number of unbranched alkanes of at least 4 members (excludes halogenated alkanes) is 1. The second kappa shape index (κ2) is 11.3. The van der Waals surface area contributed by atoms with Crippen LogP contribution in [-0.2, 0) is 18.9 Å². The molecular formula is C21H28F4O5. The molecule has 3 rings (SSSR count). The van der Waals surface area contributed by atoms with E-state index in [0.717, 1.165) is 31.4 Å². The molecule has 0 atom stereocenters. The molecule has 2 aliphatic rings. The molecule has 2 saturated heterocycles. The predicted octanol–water partition coefficient (Wildman–Crippen LogP) is 5.19. The zero-order chi connectivity index (χ0) is 21.5. The first-order chi connectivity index (χ1) is 14.5. The van der Waals surface area contributed by atoms with Gasteiger partial charge in [0.25, 0.3) is 0 Å². The summed E-state index contributed by atoms with van der Waals surface area (Å²) in [6.45, 7) is 0.960. The van der Waals surface area contributed by atoms with Crippen LogP contribution in [-0.4, -0.2) is 39.3 Å². The van der Waals surface area contributed by atoms with E-state index in [2.05, 4.69) is 11.7 Å². The second-order valence-electron chi connectivity index (χ2n) is 7.74. The van der Waals surface area contributed by atoms with E-state index in [9.17, 15) is 17.6 Å². The minimum atomic E-state index is -3.32. The van der Waals surface area contributed by atoms with Crippen molar-refractivity contribution in [1.82, 2.24) is 0 Å². The van der Waals surface area contributed by atoms with Crippen LogP contribution >= 0.6 is 0 Å². The van der Waals surface area contributed by atoms with Crippen molar-refractivity contribution in [2.75, 3.05) is 26.4 Å². The summed E-state index contributed by atoms with van der Waals surface area (Å²) in [6, 6.07) is 1.76. The first-order valence-electron chi connectivity index (χ1n) is 10.4. The molecule has 2 fully saturated rings. The SMILES string of the molecule is CCCCC1COC(CCC2COC(c3cc(F)c(OC(F)F)c(F)c3)OC2)OC1. The lowest BCUT2D eigenvalue weighted by atomic mass is 10.0. The highest BCUT2D eigenvalue weighted by Crippen LogP contribution is 2.32. The average Bonchev–Trinajstić information content (AvgIpc) is 2.74. The van der Waals surface area contributed by atoms with E-state index in [1.807, 2.05) is 0 Å². The summed E-state index contributed by atoms with van der Waals surface area (Å²) < 4.78 is 78.8. The molecule has 5 nitrogen and oxygen atoms in total. The minimum absolute atomic E-state index is 0.0714. The van der Waals surface area contributed by atoms with E-state index in [1.165, 1.54) is 6.42 Å². The van der Waals surface area contributed by atoms with Gasteiger partial charge in [-0.15, -0.1) is 0 Å². The predicted molar refractivity (Wildman–Crippen MR) is 99.1 cm³/mol. The van der Waals surface area contributed by atoms with Crippen LogP contribution in [0.25, 0.3) is 0 Å². The third kappa shape index (κ3) is 6.54. The molecule has 0 N–H and O–H groups in total. The van der Waals surface area contributed by atoms with Gasteiger partial charge >= 0.3 is 6.61 Å². The van der Waals surface area contributed by atoms with Crippen LogP contribution in [0.15, 0.2) is 12.1 Å². The summed E-state index contributed by atoms with van der Waals surface area (Å²) in [7, 11) is 0. The number of hydrogen-bond donors (Lipinski definition) is 0. The number of halogens is 4. The number of rotatable bonds is 9. The maximum atomic E-state index is 13.9. The Kier molecular flexibility index (Phi) is 8.73. The topological polar surface area (TPSA) is 46.2 Å². The van der Waals surface area contributed by atoms with Gasteiger partial charge in [-0.25, -0.2) is 8.78 Å². The van der Waals surface area contributed by atoms with Gasteiger partial charge in [-0.3, -0.25) is 0 Å². The molecule has 0 radical (unpaired) electrons. The summed E-state index contributed by atoms with van der Waals surface area (Å²) in [4.78, 5) is 0. The highest BCUT2D eigenvalue weighted by molar-refractivity contribution is 5.32. The molecular weight excluding hydrogens is 408 g/mol. The van der Waals surface area contributed by atoms with Crippen molar-refractivity contribution in [2.45, 2.75) is 58.2 Å². The zero-order valence-corrected chi connectivity index (χ0v) is 17.0. The van der Waals surface area contributed by atoms with Gasteiger partial charge in [-0.1, -0.05) is 19.8 Å². The Morgan fingerprint density at radius 1 is 0.900 bits per heavy atom. The van der Waals surface area contributed by atoms with Crippen LogP contribution in [0.4, 0.5) is 17.6 Å². The zero-order valence-electron chi connectivity index (χ0n) is 17.0. The highest BCUT2D eigenvalue weighted by Gasteiger charge is 2.28. The van der Waals surface area contributed by atoms with E-state index < -0.39 is 30.3 Å². The van der Waals surface area contributed by atoms with Crippen LogP contribution < -0.4 is 4.74 Å². The molecule has 0 unspecified atom stereocenters. The lowest BCUT2D eigenvalue weighted by molar-refractivity contribution is -0.220. The Balaban J connectivity index is 1.41. The van der Waals surface area contributed by atoms with Gasteiger partial charge in [0.1, 0.15) is 0 Å². The molecule has 1 aromatic carbocycles. The van der Waals surface area contributed by atoms with E-state index >= 15 is 0 Å². The fraction of sp³-hybridized carbons (Fsp3) is 0.714. The number of benzene rings is 1. The molecule has 0 saturated carbocycles. The fourth-order valence-electron chi connectivity index (χ4n) is 3.60. The van der Waals surface area contributed by atoms with E-state index in [0.29, 0.717) is 38.8 Å². The lowest BCUT2D eigenvalue weighted by Crippen LogP contribution is -2.33. The largest absolute Gasteiger partial charge is 0.429 e. The van der Waals surface area contributed by atoms with Crippen molar-refractivity contribution in [2.24, 2.45) is 11.8 Å². The van der Waals surface area contributed by atoms with Gasteiger partial charge in [-0.05, 0) is 31.4 Å². The van der Waals surface area contributed by atoms with E-state index in [-0.39, 0.29) is 17.8 Å². The summed E-state index contributed by atoms with van der Waals surface area (Å²) in [5, 5.41) is 0. The van der Waals surface area contributed by atoms with Gasteiger partial charge in [0.05, 0.1) is 26.4 Å². The maximum absolute atomic E-state index is 13.9. The van der Waals surface area contributed by atoms with Crippen LogP contribution in [0.3, 0.4) is 0 Å². The van der Waals surface area contributed by atoms with Crippen LogP contribution in [0.1, 0.15) is 50.9 Å². The Labute approximate surface area is 173 Å². The quantitative estimate of drug-likeness (QED) is 0.499. The molecule has 2 aliphatic heterocycles. The third-order valence-electron chi connectivity index (χ3n) is 5.28. The van der Waals surface area contributed by atoms with Gasteiger partial charge < -0.3 is 23.7 Å². The lowest BCUT2D eigenvalue weighted by Gasteiger charge is -2.32. The molecule has 30 heavy (non-hydrogen) atoms. The fourth-order valence-corrected chi connectivity index (χ4v) is 3.60. The van der Waals surface area contributed by atoms with Gasteiger partial charge in [0, 0.05) is 17.4 Å². The summed E-state index contributed by atoms with van der Waals surface area (Å²) >= 11 is 0. The van der Waals surface area contributed by atoms with E-state index in [4.69, 9.17) is 18.9 Å². The van der Waals surface area contributed by atoms with Crippen LogP contribution in [0.5, 0.6) is 5.75 Å². The summed E-state index contributed by atoms with van der Waals surface area (Å²) in [5.41, 5.74) is 0.0714. The standard InChI is InChI=1S/C21H28F4O5/c1-2-3-4-13-9-26-18(27-10-13)6-5-14-11-28-20(29-12-14)15-7-16(22)19(17(23)8-15)30-21(24)25/h7-8,13-14,18,20-21H,2-6,9-12H2,1H3. The molecule has 0 aromatic heterocycles. The van der Waals surface area contributed by atoms with Gasteiger partial charge in [0.15, 0.2) is 30.0 Å². The Morgan fingerprint density at radius 3 is 2.03 bits per heavy atom. The molecule has 2 heterocycles. The summed E-state index contributed by atoms with van der Waals surface area (Å²) in [6.07, 6.45) is 3.74. The van der Waals surface area contributed by atoms with Crippen LogP contribution in [0, 0.1) is 23.5 Å². The summed E-state index contributed by atoms with van der Waals surface area (Å²) in [5.74, 6) is -3.03. The smallest absolute Gasteiger partial charge is 0.387 e. The molecule has 170 valence electrons. The average molecular weight is 436 g/mol. The Morgan fingerprint density at radius 2 is 1.47 bits per heavy atom. The van der Waals surface area contributed by atoms with Crippen LogP contribution in [0.2, 0.25) is 0 Å². The monoisotopic (exact) mass is 436 g/mol. The number of alkyl halides is 2. The Hall–Kier alpha value is -1.42. The second-order valence-corrected chi connectivity index (χ2v) is 7.74. The maximum Gasteiger partial charge on any atom is 0.387 e. The normalized spacial score (nSPS) is 27.4. The minimum Gasteiger partial charge on any atom is -0.429 e. The van der Waals surface area contributed by atoms with Crippen molar-refractivity contribution in [3.8, 4) is 5.75 Å². The molecule has 1 aromatic rings. The molecule has 0 aliphatic carbocycles. The van der Waals surface area contributed by atoms with Crippen molar-refractivity contribution in [3.63, 3.8) is 0 Å². The first-order valence-corrected chi connectivity index (χ1v) is 10.4. The van der Waals surface area contributed by atoms with Crippen molar-refractivity contribution < 1.29 is 41.2 Å². The number of ether oxygens (including phenoxy) is 5. The van der Waals surface area contributed by atoms with E-state index in [1.54, 1.807) is 0 Å². The van der Waals surface area contributed by atoms with Gasteiger partial charge in [0.2, 0.25) is 0 Å². The molecule has 0 bridgehead atoms. The molecule has 0 spiro atoms. The first kappa shape index (κ1) is 23.2. The molecule has 0 amide bonds. The van der Waals surface area contributed by atoms with Gasteiger partial charge in [-0.2, -0.15) is 8.78 Å². The van der Waals surface area contributed by atoms with Crippen molar-refractivity contribution in [3.05, 3.63) is 29.3 Å². The van der Waals surface area contributed by atoms with Crippen molar-refractivity contribution in [1.29, 1.82) is 0 Å². The third-order valence-corrected chi connectivity index (χ3v) is 5.28.